The van der Waals surface area contributed by atoms with E-state index in [1.165, 1.54) is 0 Å². The fraction of sp³-hybridized carbons (Fsp3) is 0.852. The summed E-state index contributed by atoms with van der Waals surface area (Å²) in [5.74, 6) is -2.72. The molecule has 2 fully saturated rings. The number of rotatable bonds is 6. The molecule has 0 radical (unpaired) electrons. The molecular weight excluding hydrogens is 474 g/mol. The molecule has 200 valence electrons. The van der Waals surface area contributed by atoms with Crippen molar-refractivity contribution in [3.63, 3.8) is 0 Å². The van der Waals surface area contributed by atoms with Crippen molar-refractivity contribution in [2.24, 2.45) is 23.2 Å². The molecule has 8 heteroatoms. The minimum absolute atomic E-state index is 0.0707. The number of alkyl halides is 2. The second kappa shape index (κ2) is 9.17. The molecule has 2 saturated carbocycles. The number of sulfone groups is 1. The quantitative estimate of drug-likeness (QED) is 0.450. The lowest BCUT2D eigenvalue weighted by molar-refractivity contribution is -0.168. The highest BCUT2D eigenvalue weighted by atomic mass is 32.2. The van der Waals surface area contributed by atoms with E-state index in [1.807, 2.05) is 13.0 Å². The Bertz CT molecular complexity index is 996. The zero-order valence-corrected chi connectivity index (χ0v) is 22.3. The monoisotopic (exact) mass is 516 g/mol. The lowest BCUT2D eigenvalue weighted by Crippen LogP contribution is -2.43. The number of hydrogen-bond donors (Lipinski definition) is 3. The molecule has 0 amide bonds. The number of aliphatic hydroxyl groups is 3. The van der Waals surface area contributed by atoms with Gasteiger partial charge in [0.25, 0.3) is 5.92 Å². The van der Waals surface area contributed by atoms with Crippen LogP contribution in [0.2, 0.25) is 0 Å². The third kappa shape index (κ3) is 4.89. The van der Waals surface area contributed by atoms with Crippen molar-refractivity contribution in [1.29, 1.82) is 0 Å². The van der Waals surface area contributed by atoms with E-state index < -0.39 is 38.8 Å². The van der Waals surface area contributed by atoms with Gasteiger partial charge < -0.3 is 15.3 Å². The van der Waals surface area contributed by atoms with Crippen LogP contribution >= 0.6 is 0 Å². The SMILES string of the molecule is C[C@H](CCC(F)(F)C(C)(C)O)[C@H]1CC[C@H]2/C(=C/C3C4=C(CS3(=O)=O)[C@@H](O)C[C@H](O)C4)CCC[C@]12C. The smallest absolute Gasteiger partial charge is 0.275 e. The molecule has 0 bridgehead atoms. The summed E-state index contributed by atoms with van der Waals surface area (Å²) in [5, 5.41) is 29.6. The van der Waals surface area contributed by atoms with Gasteiger partial charge in [0.15, 0.2) is 9.84 Å². The van der Waals surface area contributed by atoms with Gasteiger partial charge >= 0.3 is 0 Å². The van der Waals surface area contributed by atoms with E-state index in [0.717, 1.165) is 51.5 Å². The topological polar surface area (TPSA) is 94.8 Å². The second-order valence-electron chi connectivity index (χ2n) is 12.5. The van der Waals surface area contributed by atoms with Crippen LogP contribution in [-0.2, 0) is 9.84 Å². The van der Waals surface area contributed by atoms with Crippen molar-refractivity contribution >= 4 is 9.84 Å². The molecule has 4 rings (SSSR count). The van der Waals surface area contributed by atoms with Crippen LogP contribution in [0.5, 0.6) is 0 Å². The van der Waals surface area contributed by atoms with Crippen LogP contribution < -0.4 is 0 Å². The highest BCUT2D eigenvalue weighted by molar-refractivity contribution is 7.92. The first-order valence-electron chi connectivity index (χ1n) is 13.2. The molecule has 5 nitrogen and oxygen atoms in total. The average Bonchev–Trinajstić information content (AvgIpc) is 3.20. The standard InChI is InChI=1S/C27H42F2O5S/c1-16(9-11-27(28,29)25(2,3)32)21-7-8-22-17(6-5-10-26(21,22)4)12-24-19-13-18(30)14-23(31)20(19)15-35(24,33)34/h12,16,18,21-24,30-32H,5-11,13-15H2,1-4H3/b17-12+/t16-,18-,21-,22+,23+,24?,26-/m1/s1. The third-order valence-corrected chi connectivity index (χ3v) is 11.7. The maximum absolute atomic E-state index is 14.4. The second-order valence-corrected chi connectivity index (χ2v) is 14.6. The highest BCUT2D eigenvalue weighted by Gasteiger charge is 2.53. The Balaban J connectivity index is 1.55. The Morgan fingerprint density at radius 1 is 1.20 bits per heavy atom. The van der Waals surface area contributed by atoms with Gasteiger partial charge in [-0.3, -0.25) is 0 Å². The van der Waals surface area contributed by atoms with Crippen LogP contribution in [0, 0.1) is 23.2 Å². The number of aliphatic hydroxyl groups excluding tert-OH is 2. The Morgan fingerprint density at radius 2 is 1.89 bits per heavy atom. The molecule has 0 aromatic carbocycles. The molecule has 1 unspecified atom stereocenters. The number of allylic oxidation sites excluding steroid dienone is 1. The van der Waals surface area contributed by atoms with Crippen molar-refractivity contribution in [3.8, 4) is 0 Å². The van der Waals surface area contributed by atoms with E-state index in [-0.39, 0.29) is 48.2 Å². The van der Waals surface area contributed by atoms with E-state index in [4.69, 9.17) is 0 Å². The van der Waals surface area contributed by atoms with Crippen LogP contribution in [0.3, 0.4) is 0 Å². The Hall–Kier alpha value is -0.830. The summed E-state index contributed by atoms with van der Waals surface area (Å²) in [6, 6.07) is 0. The van der Waals surface area contributed by atoms with Crippen LogP contribution in [0.15, 0.2) is 22.8 Å². The Kier molecular flexibility index (Phi) is 7.13. The van der Waals surface area contributed by atoms with Gasteiger partial charge in [-0.1, -0.05) is 25.5 Å². The summed E-state index contributed by atoms with van der Waals surface area (Å²) in [6.07, 6.45) is 5.36. The lowest BCUT2D eigenvalue weighted by Gasteiger charge is -2.45. The van der Waals surface area contributed by atoms with Crippen molar-refractivity contribution in [2.45, 2.75) is 114 Å². The first kappa shape index (κ1) is 27.2. The van der Waals surface area contributed by atoms with Crippen molar-refractivity contribution in [2.75, 3.05) is 5.75 Å². The minimum atomic E-state index is -3.47. The van der Waals surface area contributed by atoms with Crippen LogP contribution in [0.4, 0.5) is 8.78 Å². The van der Waals surface area contributed by atoms with Gasteiger partial charge in [0, 0.05) is 12.8 Å². The van der Waals surface area contributed by atoms with Gasteiger partial charge in [-0.25, -0.2) is 17.2 Å². The molecule has 7 atom stereocenters. The number of hydrogen-bond acceptors (Lipinski definition) is 5. The zero-order valence-electron chi connectivity index (χ0n) is 21.4. The summed E-state index contributed by atoms with van der Waals surface area (Å²) >= 11 is 0. The molecule has 4 aliphatic rings. The normalized spacial score (nSPS) is 39.6. The molecule has 3 aliphatic carbocycles. The first-order chi connectivity index (χ1) is 16.1. The average molecular weight is 517 g/mol. The van der Waals surface area contributed by atoms with E-state index in [2.05, 4.69) is 6.92 Å². The summed E-state index contributed by atoms with van der Waals surface area (Å²) in [7, 11) is -3.47. The maximum atomic E-state index is 14.4. The summed E-state index contributed by atoms with van der Waals surface area (Å²) in [6.45, 7) is 6.60. The van der Waals surface area contributed by atoms with Crippen molar-refractivity contribution in [1.82, 2.24) is 0 Å². The molecule has 0 spiro atoms. The molecule has 3 N–H and O–H groups in total. The predicted octanol–water partition coefficient (Wildman–Crippen LogP) is 4.56. The van der Waals surface area contributed by atoms with Gasteiger partial charge in [-0.15, -0.1) is 0 Å². The molecular formula is C27H42F2O5S. The molecule has 35 heavy (non-hydrogen) atoms. The Morgan fingerprint density at radius 3 is 2.54 bits per heavy atom. The van der Waals surface area contributed by atoms with E-state index in [0.29, 0.717) is 17.6 Å². The summed E-state index contributed by atoms with van der Waals surface area (Å²) in [4.78, 5) is 0. The molecule has 0 aromatic rings. The number of halogens is 2. The highest BCUT2D eigenvalue weighted by Crippen LogP contribution is 2.60. The predicted molar refractivity (Wildman–Crippen MR) is 132 cm³/mol. The van der Waals surface area contributed by atoms with Gasteiger partial charge in [0.2, 0.25) is 0 Å². The van der Waals surface area contributed by atoms with Gasteiger partial charge in [0.1, 0.15) is 10.9 Å². The third-order valence-electron chi connectivity index (χ3n) is 9.75. The Labute approximate surface area is 208 Å². The lowest BCUT2D eigenvalue weighted by atomic mass is 9.60. The van der Waals surface area contributed by atoms with Crippen molar-refractivity contribution in [3.05, 3.63) is 22.8 Å². The van der Waals surface area contributed by atoms with E-state index in [1.54, 1.807) is 0 Å². The molecule has 0 aromatic heterocycles. The number of fused-ring (bicyclic) bond motifs is 1. The fourth-order valence-corrected chi connectivity index (χ4v) is 9.68. The van der Waals surface area contributed by atoms with Crippen LogP contribution in [-0.4, -0.2) is 58.5 Å². The first-order valence-corrected chi connectivity index (χ1v) is 14.9. The summed E-state index contributed by atoms with van der Waals surface area (Å²) < 4.78 is 55.0. The van der Waals surface area contributed by atoms with Crippen LogP contribution in [0.25, 0.3) is 0 Å². The largest absolute Gasteiger partial charge is 0.393 e. The molecule has 1 aliphatic heterocycles. The fourth-order valence-electron chi connectivity index (χ4n) is 7.62. The molecule has 0 saturated heterocycles. The minimum Gasteiger partial charge on any atom is -0.393 e. The summed E-state index contributed by atoms with van der Waals surface area (Å²) in [5.41, 5.74) is 0.274. The van der Waals surface area contributed by atoms with Crippen molar-refractivity contribution < 1.29 is 32.5 Å². The van der Waals surface area contributed by atoms with Gasteiger partial charge in [-0.2, -0.15) is 0 Å². The van der Waals surface area contributed by atoms with Crippen LogP contribution in [0.1, 0.15) is 85.5 Å². The zero-order chi connectivity index (χ0) is 26.0. The van der Waals surface area contributed by atoms with Gasteiger partial charge in [-0.05, 0) is 93.1 Å². The van der Waals surface area contributed by atoms with Gasteiger partial charge in [0.05, 0.1) is 18.0 Å². The van der Waals surface area contributed by atoms with E-state index >= 15 is 0 Å². The maximum Gasteiger partial charge on any atom is 0.275 e. The van der Waals surface area contributed by atoms with E-state index in [9.17, 15) is 32.5 Å². The molecule has 1 heterocycles.